The summed E-state index contributed by atoms with van der Waals surface area (Å²) in [5.74, 6) is 1.99. The maximum Gasteiger partial charge on any atom is 0.239 e. The second-order valence-electron chi connectivity index (χ2n) is 9.17. The number of benzene rings is 1. The van der Waals surface area contributed by atoms with Crippen LogP contribution in [0.15, 0.2) is 18.2 Å². The topological polar surface area (TPSA) is 55.5 Å². The zero-order valence-electron chi connectivity index (χ0n) is 18.1. The molecule has 1 aromatic heterocycles. The van der Waals surface area contributed by atoms with Gasteiger partial charge in [0.2, 0.25) is 5.91 Å². The van der Waals surface area contributed by atoms with Crippen molar-refractivity contribution in [3.63, 3.8) is 0 Å². The molecule has 1 aliphatic carbocycles. The Balaban J connectivity index is 1.05. The van der Waals surface area contributed by atoms with Gasteiger partial charge in [-0.1, -0.05) is 19.3 Å². The summed E-state index contributed by atoms with van der Waals surface area (Å²) >= 11 is 1.90. The van der Waals surface area contributed by atoms with Crippen LogP contribution in [0.3, 0.4) is 0 Å². The molecule has 0 atom stereocenters. The predicted octanol–water partition coefficient (Wildman–Crippen LogP) is 3.84. The second kappa shape index (κ2) is 8.98. The number of nitrogens with one attached hydrogen (secondary N) is 1. The Morgan fingerprint density at radius 3 is 2.65 bits per heavy atom. The SMILES string of the molecule is O=C1N(CCCCN2CCN(c3n[nH]c4cc(F)ccc34)CC2)CSC12CCCCC2. The van der Waals surface area contributed by atoms with Gasteiger partial charge in [-0.3, -0.25) is 14.8 Å². The van der Waals surface area contributed by atoms with Gasteiger partial charge in [-0.25, -0.2) is 4.39 Å². The molecule has 2 aromatic rings. The van der Waals surface area contributed by atoms with Crippen molar-refractivity contribution in [3.05, 3.63) is 24.0 Å². The first kappa shape index (κ1) is 21.1. The zero-order valence-corrected chi connectivity index (χ0v) is 18.9. The van der Waals surface area contributed by atoms with Crippen molar-refractivity contribution in [3.8, 4) is 0 Å². The molecule has 1 amide bonds. The van der Waals surface area contributed by atoms with Crippen LogP contribution in [0.5, 0.6) is 0 Å². The Morgan fingerprint density at radius 1 is 1.06 bits per heavy atom. The molecule has 0 bridgehead atoms. The highest BCUT2D eigenvalue weighted by Crippen LogP contribution is 2.46. The van der Waals surface area contributed by atoms with Gasteiger partial charge in [-0.2, -0.15) is 5.10 Å². The van der Waals surface area contributed by atoms with E-state index in [1.54, 1.807) is 0 Å². The molecule has 168 valence electrons. The number of aromatic amines is 1. The average Bonchev–Trinajstić information content (AvgIpc) is 3.34. The molecule has 1 spiro atoms. The number of hydrogen-bond donors (Lipinski definition) is 1. The van der Waals surface area contributed by atoms with E-state index in [1.165, 1.54) is 31.4 Å². The van der Waals surface area contributed by atoms with Crippen LogP contribution in [0.2, 0.25) is 0 Å². The van der Waals surface area contributed by atoms with Crippen LogP contribution in [0.4, 0.5) is 10.2 Å². The van der Waals surface area contributed by atoms with Crippen LogP contribution in [0.1, 0.15) is 44.9 Å². The Kier molecular flexibility index (Phi) is 6.10. The lowest BCUT2D eigenvalue weighted by atomic mass is 9.87. The van der Waals surface area contributed by atoms with Crippen molar-refractivity contribution < 1.29 is 9.18 Å². The third-order valence-electron chi connectivity index (χ3n) is 7.16. The summed E-state index contributed by atoms with van der Waals surface area (Å²) in [6, 6.07) is 4.81. The number of amides is 1. The smallest absolute Gasteiger partial charge is 0.239 e. The number of fused-ring (bicyclic) bond motifs is 1. The van der Waals surface area contributed by atoms with Crippen LogP contribution in [0, 0.1) is 5.82 Å². The predicted molar refractivity (Wildman–Crippen MR) is 124 cm³/mol. The van der Waals surface area contributed by atoms with Gasteiger partial charge in [-0.05, 0) is 50.4 Å². The van der Waals surface area contributed by atoms with Gasteiger partial charge >= 0.3 is 0 Å². The van der Waals surface area contributed by atoms with Gasteiger partial charge in [0.05, 0.1) is 16.1 Å². The van der Waals surface area contributed by atoms with Crippen molar-refractivity contribution >= 4 is 34.4 Å². The Labute approximate surface area is 187 Å². The van der Waals surface area contributed by atoms with Crippen molar-refractivity contribution in [2.75, 3.05) is 50.0 Å². The fourth-order valence-electron chi connectivity index (χ4n) is 5.30. The standard InChI is InChI=1S/C23H32FN5OS/c24-18-6-7-19-20(16-18)25-26-21(19)28-14-12-27(13-15-28)10-4-5-11-29-17-31-23(22(29)30)8-2-1-3-9-23/h6-7,16H,1-5,8-15,17H2,(H,25,26). The van der Waals surface area contributed by atoms with Crippen LogP contribution in [0.25, 0.3) is 10.9 Å². The highest BCUT2D eigenvalue weighted by Gasteiger charge is 2.47. The minimum absolute atomic E-state index is 0.0726. The molecule has 3 fully saturated rings. The van der Waals surface area contributed by atoms with Crippen molar-refractivity contribution in [1.82, 2.24) is 20.0 Å². The third kappa shape index (κ3) is 4.29. The molecule has 8 heteroatoms. The first-order valence-corrected chi connectivity index (χ1v) is 12.7. The van der Waals surface area contributed by atoms with Crippen LogP contribution >= 0.6 is 11.8 Å². The summed E-state index contributed by atoms with van der Waals surface area (Å²) in [5, 5.41) is 8.36. The second-order valence-corrected chi connectivity index (χ2v) is 10.5. The van der Waals surface area contributed by atoms with Gasteiger partial charge < -0.3 is 9.80 Å². The molecule has 31 heavy (non-hydrogen) atoms. The van der Waals surface area contributed by atoms with Gasteiger partial charge in [-0.15, -0.1) is 11.8 Å². The van der Waals surface area contributed by atoms with E-state index in [1.807, 2.05) is 17.8 Å². The number of anilines is 1. The van der Waals surface area contributed by atoms with Crippen molar-refractivity contribution in [2.24, 2.45) is 0 Å². The molecule has 3 heterocycles. The summed E-state index contributed by atoms with van der Waals surface area (Å²) in [4.78, 5) is 19.8. The number of piperazine rings is 1. The number of hydrogen-bond acceptors (Lipinski definition) is 5. The lowest BCUT2D eigenvalue weighted by molar-refractivity contribution is -0.132. The quantitative estimate of drug-likeness (QED) is 0.685. The number of carbonyl (C=O) groups is 1. The molecule has 3 aliphatic rings. The van der Waals surface area contributed by atoms with E-state index in [0.29, 0.717) is 5.91 Å². The molecular formula is C23H32FN5OS. The first-order valence-electron chi connectivity index (χ1n) is 11.7. The van der Waals surface area contributed by atoms with Crippen LogP contribution in [-0.2, 0) is 4.79 Å². The summed E-state index contributed by atoms with van der Waals surface area (Å²) < 4.78 is 13.3. The molecule has 0 radical (unpaired) electrons. The van der Waals surface area contributed by atoms with E-state index in [4.69, 9.17) is 0 Å². The monoisotopic (exact) mass is 445 g/mol. The molecule has 6 nitrogen and oxygen atoms in total. The summed E-state index contributed by atoms with van der Waals surface area (Å²) in [7, 11) is 0. The molecule has 2 aliphatic heterocycles. The first-order chi connectivity index (χ1) is 15.1. The molecule has 1 aromatic carbocycles. The number of halogens is 1. The Morgan fingerprint density at radius 2 is 1.84 bits per heavy atom. The molecule has 0 unspecified atom stereocenters. The van der Waals surface area contributed by atoms with Crippen LogP contribution in [-0.4, -0.2) is 75.8 Å². The lowest BCUT2D eigenvalue weighted by Gasteiger charge is -2.35. The van der Waals surface area contributed by atoms with Crippen molar-refractivity contribution in [1.29, 1.82) is 0 Å². The number of unbranched alkanes of at least 4 members (excludes halogenated alkanes) is 1. The number of rotatable bonds is 6. The summed E-state index contributed by atoms with van der Waals surface area (Å²) in [5.41, 5.74) is 0.752. The highest BCUT2D eigenvalue weighted by atomic mass is 32.2. The molecule has 5 rings (SSSR count). The third-order valence-corrected chi connectivity index (χ3v) is 8.74. The summed E-state index contributed by atoms with van der Waals surface area (Å²) in [6.07, 6.45) is 8.09. The maximum atomic E-state index is 13.4. The normalized spacial score (nSPS) is 22.2. The van der Waals surface area contributed by atoms with Crippen LogP contribution < -0.4 is 4.90 Å². The van der Waals surface area contributed by atoms with Gasteiger partial charge in [0, 0.05) is 38.1 Å². The maximum absolute atomic E-state index is 13.4. The summed E-state index contributed by atoms with van der Waals surface area (Å²) in [6.45, 7) is 5.88. The zero-order chi connectivity index (χ0) is 21.3. The van der Waals surface area contributed by atoms with E-state index in [2.05, 4.69) is 24.9 Å². The van der Waals surface area contributed by atoms with E-state index >= 15 is 0 Å². The highest BCUT2D eigenvalue weighted by molar-refractivity contribution is 8.01. The molecule has 2 saturated heterocycles. The van der Waals surface area contributed by atoms with E-state index in [9.17, 15) is 9.18 Å². The van der Waals surface area contributed by atoms with E-state index in [-0.39, 0.29) is 10.6 Å². The van der Waals surface area contributed by atoms with Gasteiger partial charge in [0.1, 0.15) is 5.82 Å². The fraction of sp³-hybridized carbons (Fsp3) is 0.652. The van der Waals surface area contributed by atoms with E-state index in [0.717, 1.165) is 87.5 Å². The van der Waals surface area contributed by atoms with Gasteiger partial charge in [0.25, 0.3) is 0 Å². The number of aromatic nitrogens is 2. The van der Waals surface area contributed by atoms with Crippen molar-refractivity contribution in [2.45, 2.75) is 49.7 Å². The number of H-pyrrole nitrogens is 1. The lowest BCUT2D eigenvalue weighted by Crippen LogP contribution is -2.47. The molecule has 1 saturated carbocycles. The molecule has 1 N–H and O–H groups in total. The largest absolute Gasteiger partial charge is 0.352 e. The number of carbonyl (C=O) groups excluding carboxylic acids is 1. The fourth-order valence-corrected chi connectivity index (χ4v) is 6.78. The van der Waals surface area contributed by atoms with E-state index < -0.39 is 0 Å². The Hall–Kier alpha value is -1.80. The minimum atomic E-state index is -0.240. The Bertz CT molecular complexity index is 920. The number of nitrogens with zero attached hydrogens (tertiary/aromatic N) is 4. The minimum Gasteiger partial charge on any atom is -0.352 e. The average molecular weight is 446 g/mol. The molecular weight excluding hydrogens is 413 g/mol. The number of thioether (sulfide) groups is 1. The van der Waals surface area contributed by atoms with Gasteiger partial charge in [0.15, 0.2) is 5.82 Å².